The molecule has 3 aliphatic rings. The maximum Gasteiger partial charge on any atom is 0.269 e. The summed E-state index contributed by atoms with van der Waals surface area (Å²) in [6, 6.07) is 29.3. The molecule has 1 aliphatic carbocycles. The number of allylic oxidation sites excluding steroid dienone is 7. The summed E-state index contributed by atoms with van der Waals surface area (Å²) in [6.45, 7) is 4.68. The summed E-state index contributed by atoms with van der Waals surface area (Å²) < 4.78 is 0. The van der Waals surface area contributed by atoms with Crippen molar-refractivity contribution in [2.75, 3.05) is 23.9 Å². The highest BCUT2D eigenvalue weighted by molar-refractivity contribution is 5.93. The standard InChI is InChI=1S/C43H45N3O2/c1-42(29-31-16-8-5-9-17-31)36-28-34(46(47)48)25-27-37(36)44(3)39(42)22-12-7-13-23-40-43(2,30-32-18-10-6-11-19-32)41-35-21-15-14-20-33(35)24-26-38(41)45(40)4/h5,7-9,12-18,20-28,40H,6,10-11,19,29-30H2,1-4H3/b12-7+,23-13+,39-22+. The van der Waals surface area contributed by atoms with Gasteiger partial charge in [-0.25, -0.2) is 0 Å². The Morgan fingerprint density at radius 1 is 0.875 bits per heavy atom. The number of hydrogen-bond acceptors (Lipinski definition) is 4. The SMILES string of the molecule is CN1/C(=C/C=C/C=C/C2N(C)c3ccc4ccccc4c3C2(C)CC2=CCCCC2)C(C)(Cc2ccccc2)c2cc([N+](=O)[O-])ccc21. The van der Waals surface area contributed by atoms with E-state index in [4.69, 9.17) is 0 Å². The second kappa shape index (κ2) is 12.6. The Morgan fingerprint density at radius 3 is 2.42 bits per heavy atom. The predicted octanol–water partition coefficient (Wildman–Crippen LogP) is 10.4. The van der Waals surface area contributed by atoms with Crippen molar-refractivity contribution in [3.8, 4) is 0 Å². The number of nitro benzene ring substituents is 1. The molecule has 244 valence electrons. The number of rotatable bonds is 8. The van der Waals surface area contributed by atoms with Gasteiger partial charge in [-0.15, -0.1) is 0 Å². The van der Waals surface area contributed by atoms with E-state index in [1.54, 1.807) is 17.7 Å². The Balaban J connectivity index is 1.22. The fourth-order valence-corrected chi connectivity index (χ4v) is 8.83. The number of hydrogen-bond donors (Lipinski definition) is 0. The molecule has 0 fully saturated rings. The Kier molecular flexibility index (Phi) is 8.32. The normalized spacial score (nSPS) is 24.5. The smallest absolute Gasteiger partial charge is 0.269 e. The quantitative estimate of drug-likeness (QED) is 0.0837. The molecule has 5 heteroatoms. The van der Waals surface area contributed by atoms with Crippen molar-refractivity contribution >= 4 is 27.8 Å². The molecule has 0 amide bonds. The van der Waals surface area contributed by atoms with Crippen molar-refractivity contribution < 1.29 is 4.92 Å². The van der Waals surface area contributed by atoms with Crippen molar-refractivity contribution in [1.82, 2.24) is 0 Å². The molecule has 0 bridgehead atoms. The minimum absolute atomic E-state index is 0.0623. The third-order valence-electron chi connectivity index (χ3n) is 11.2. The second-order valence-electron chi connectivity index (χ2n) is 14.3. The summed E-state index contributed by atoms with van der Waals surface area (Å²) in [7, 11) is 4.31. The Hall–Kier alpha value is -4.90. The van der Waals surface area contributed by atoms with E-state index in [1.165, 1.54) is 53.3 Å². The first-order chi connectivity index (χ1) is 23.2. The Morgan fingerprint density at radius 2 is 1.65 bits per heavy atom. The maximum atomic E-state index is 11.8. The molecule has 7 rings (SSSR count). The zero-order valence-corrected chi connectivity index (χ0v) is 28.5. The van der Waals surface area contributed by atoms with Crippen molar-refractivity contribution in [1.29, 1.82) is 0 Å². The van der Waals surface area contributed by atoms with Crippen LogP contribution in [0.25, 0.3) is 10.8 Å². The van der Waals surface area contributed by atoms with Gasteiger partial charge >= 0.3 is 0 Å². The van der Waals surface area contributed by atoms with Gasteiger partial charge in [0.1, 0.15) is 0 Å². The van der Waals surface area contributed by atoms with Crippen LogP contribution in [0.1, 0.15) is 62.6 Å². The van der Waals surface area contributed by atoms with E-state index in [-0.39, 0.29) is 22.1 Å². The summed E-state index contributed by atoms with van der Waals surface area (Å²) in [6.07, 6.45) is 20.3. The number of non-ortho nitro benzene ring substituents is 1. The number of fused-ring (bicyclic) bond motifs is 4. The highest BCUT2D eigenvalue weighted by Gasteiger charge is 2.46. The number of nitrogens with zero attached hydrogens (tertiary/aromatic N) is 3. The molecule has 48 heavy (non-hydrogen) atoms. The van der Waals surface area contributed by atoms with Gasteiger partial charge in [0, 0.05) is 54.1 Å². The Labute approximate surface area is 284 Å². The lowest BCUT2D eigenvalue weighted by molar-refractivity contribution is -0.384. The molecule has 3 unspecified atom stereocenters. The van der Waals surface area contributed by atoms with Crippen LogP contribution in [0.3, 0.4) is 0 Å². The average molecular weight is 636 g/mol. The van der Waals surface area contributed by atoms with E-state index in [0.29, 0.717) is 0 Å². The molecule has 0 spiro atoms. The first-order valence-corrected chi connectivity index (χ1v) is 17.3. The predicted molar refractivity (Wildman–Crippen MR) is 200 cm³/mol. The van der Waals surface area contributed by atoms with Crippen LogP contribution in [0.4, 0.5) is 17.1 Å². The van der Waals surface area contributed by atoms with Crippen molar-refractivity contribution in [3.05, 3.63) is 159 Å². The fraction of sp³-hybridized carbons (Fsp3) is 0.302. The third kappa shape index (κ3) is 5.45. The monoisotopic (exact) mass is 635 g/mol. The number of likely N-dealkylation sites (N-methyl/N-ethyl adjacent to an activating group) is 2. The largest absolute Gasteiger partial charge is 0.367 e. The molecule has 0 N–H and O–H groups in total. The summed E-state index contributed by atoms with van der Waals surface area (Å²) in [5.74, 6) is 0. The molecule has 0 radical (unpaired) electrons. The van der Waals surface area contributed by atoms with Crippen LogP contribution in [0, 0.1) is 10.1 Å². The van der Waals surface area contributed by atoms with Gasteiger partial charge in [-0.3, -0.25) is 10.1 Å². The van der Waals surface area contributed by atoms with Gasteiger partial charge in [-0.05, 0) is 91.1 Å². The summed E-state index contributed by atoms with van der Waals surface area (Å²) in [4.78, 5) is 16.1. The molecule has 0 saturated heterocycles. The average Bonchev–Trinajstić information content (AvgIpc) is 3.43. The van der Waals surface area contributed by atoms with E-state index in [2.05, 4.69) is 135 Å². The van der Waals surface area contributed by atoms with Crippen molar-refractivity contribution in [2.45, 2.75) is 69.2 Å². The molecule has 2 heterocycles. The summed E-state index contributed by atoms with van der Waals surface area (Å²) >= 11 is 0. The zero-order valence-electron chi connectivity index (χ0n) is 28.5. The van der Waals surface area contributed by atoms with Crippen molar-refractivity contribution in [2.24, 2.45) is 0 Å². The maximum absolute atomic E-state index is 11.8. The van der Waals surface area contributed by atoms with Gasteiger partial charge in [0.25, 0.3) is 5.69 Å². The lowest BCUT2D eigenvalue weighted by Gasteiger charge is -2.35. The fourth-order valence-electron chi connectivity index (χ4n) is 8.83. The van der Waals surface area contributed by atoms with Gasteiger partial charge in [-0.2, -0.15) is 0 Å². The molecular weight excluding hydrogens is 590 g/mol. The molecule has 0 aromatic heterocycles. The van der Waals surface area contributed by atoms with Crippen LogP contribution >= 0.6 is 0 Å². The minimum Gasteiger partial charge on any atom is -0.367 e. The third-order valence-corrected chi connectivity index (χ3v) is 11.2. The van der Waals surface area contributed by atoms with Crippen LogP contribution in [0.2, 0.25) is 0 Å². The molecule has 4 aromatic carbocycles. The van der Waals surface area contributed by atoms with E-state index in [9.17, 15) is 10.1 Å². The number of nitro groups is 1. The highest BCUT2D eigenvalue weighted by Crippen LogP contribution is 2.53. The summed E-state index contributed by atoms with van der Waals surface area (Å²) in [5, 5.41) is 14.4. The van der Waals surface area contributed by atoms with Gasteiger partial charge in [0.05, 0.1) is 11.0 Å². The molecule has 2 aliphatic heterocycles. The zero-order chi connectivity index (χ0) is 33.5. The first-order valence-electron chi connectivity index (χ1n) is 17.3. The van der Waals surface area contributed by atoms with E-state index in [0.717, 1.165) is 29.8 Å². The molecule has 0 saturated carbocycles. The molecule has 5 nitrogen and oxygen atoms in total. The van der Waals surface area contributed by atoms with Gasteiger partial charge in [0.2, 0.25) is 0 Å². The van der Waals surface area contributed by atoms with Crippen LogP contribution in [0.5, 0.6) is 0 Å². The molecule has 4 aromatic rings. The second-order valence-corrected chi connectivity index (χ2v) is 14.3. The van der Waals surface area contributed by atoms with Crippen LogP contribution < -0.4 is 9.80 Å². The van der Waals surface area contributed by atoms with Crippen LogP contribution in [-0.4, -0.2) is 25.1 Å². The van der Waals surface area contributed by atoms with E-state index in [1.807, 2.05) is 12.1 Å². The summed E-state index contributed by atoms with van der Waals surface area (Å²) in [5.41, 5.74) is 8.35. The van der Waals surface area contributed by atoms with E-state index < -0.39 is 5.41 Å². The van der Waals surface area contributed by atoms with E-state index >= 15 is 0 Å². The topological polar surface area (TPSA) is 49.6 Å². The lowest BCUT2D eigenvalue weighted by Crippen LogP contribution is -2.40. The van der Waals surface area contributed by atoms with Crippen LogP contribution in [0.15, 0.2) is 133 Å². The number of benzene rings is 4. The van der Waals surface area contributed by atoms with Gasteiger partial charge in [-0.1, -0.05) is 104 Å². The molecule has 3 atom stereocenters. The highest BCUT2D eigenvalue weighted by atomic mass is 16.6. The molecular formula is C43H45N3O2. The lowest BCUT2D eigenvalue weighted by atomic mass is 9.71. The van der Waals surface area contributed by atoms with Crippen molar-refractivity contribution in [3.63, 3.8) is 0 Å². The Bertz CT molecular complexity index is 1990. The minimum atomic E-state index is -0.424. The number of anilines is 2. The van der Waals surface area contributed by atoms with Crippen LogP contribution in [-0.2, 0) is 17.3 Å². The van der Waals surface area contributed by atoms with Gasteiger partial charge in [0.15, 0.2) is 0 Å². The first kappa shape index (κ1) is 31.7. The van der Waals surface area contributed by atoms with Gasteiger partial charge < -0.3 is 9.80 Å².